The molecule has 4 heteroatoms. The molecule has 64 valence electrons. The lowest BCUT2D eigenvalue weighted by molar-refractivity contribution is -0.109. The van der Waals surface area contributed by atoms with E-state index in [9.17, 15) is 9.59 Å². The molecule has 1 N–H and O–H groups in total. The molecule has 0 saturated carbocycles. The number of aryl methyl sites for hydroxylation is 1. The third-order valence-electron chi connectivity index (χ3n) is 1.58. The topological polar surface area (TPSA) is 51.1 Å². The summed E-state index contributed by atoms with van der Waals surface area (Å²) >= 11 is 0. The molecular formula is C8H10N2O2. The molecule has 0 radical (unpaired) electrons. The maximum atomic E-state index is 11.3. The summed E-state index contributed by atoms with van der Waals surface area (Å²) in [7, 11) is 1.67. The predicted molar refractivity (Wildman–Crippen MR) is 44.6 cm³/mol. The van der Waals surface area contributed by atoms with Gasteiger partial charge in [-0.1, -0.05) is 6.07 Å². The molecule has 0 atom stereocenters. The van der Waals surface area contributed by atoms with Gasteiger partial charge in [-0.25, -0.2) is 0 Å². The van der Waals surface area contributed by atoms with E-state index < -0.39 is 0 Å². The molecule has 0 aromatic carbocycles. The molecular weight excluding hydrogens is 156 g/mol. The second-order valence-electron chi connectivity index (χ2n) is 2.45. The average molecular weight is 166 g/mol. The lowest BCUT2D eigenvalue weighted by Gasteiger charge is -2.00. The molecule has 0 spiro atoms. The molecule has 1 aromatic rings. The van der Waals surface area contributed by atoms with Crippen molar-refractivity contribution in [3.8, 4) is 0 Å². The molecule has 0 aliphatic heterocycles. The van der Waals surface area contributed by atoms with Gasteiger partial charge in [-0.2, -0.15) is 0 Å². The first-order valence-electron chi connectivity index (χ1n) is 3.57. The Morgan fingerprint density at radius 2 is 2.42 bits per heavy atom. The Morgan fingerprint density at radius 1 is 1.67 bits per heavy atom. The Kier molecular flexibility index (Phi) is 2.63. The van der Waals surface area contributed by atoms with Crippen LogP contribution in [0.4, 0.5) is 0 Å². The van der Waals surface area contributed by atoms with Crippen molar-refractivity contribution in [3.05, 3.63) is 34.2 Å². The fourth-order valence-electron chi connectivity index (χ4n) is 0.940. The third-order valence-corrected chi connectivity index (χ3v) is 1.58. The van der Waals surface area contributed by atoms with Gasteiger partial charge in [0, 0.05) is 25.4 Å². The van der Waals surface area contributed by atoms with E-state index in [-0.39, 0.29) is 12.1 Å². The molecule has 0 fully saturated rings. The number of pyridine rings is 1. The zero-order valence-corrected chi connectivity index (χ0v) is 6.78. The van der Waals surface area contributed by atoms with Crippen LogP contribution in [-0.4, -0.2) is 11.0 Å². The normalized spacial score (nSPS) is 9.42. The van der Waals surface area contributed by atoms with E-state index in [1.165, 1.54) is 4.57 Å². The predicted octanol–water partition coefficient (Wildman–Crippen LogP) is -0.369. The maximum Gasteiger partial charge on any atom is 0.255 e. The van der Waals surface area contributed by atoms with Crippen molar-refractivity contribution in [2.24, 2.45) is 7.05 Å². The number of amides is 1. The molecule has 1 amide bonds. The Hall–Kier alpha value is -1.58. The summed E-state index contributed by atoms with van der Waals surface area (Å²) < 4.78 is 1.47. The molecule has 0 bridgehead atoms. The summed E-state index contributed by atoms with van der Waals surface area (Å²) in [5.41, 5.74) is 0.513. The first-order valence-corrected chi connectivity index (χ1v) is 3.57. The van der Waals surface area contributed by atoms with Crippen molar-refractivity contribution in [2.45, 2.75) is 6.54 Å². The molecule has 1 rings (SSSR count). The number of rotatable bonds is 3. The zero-order valence-electron chi connectivity index (χ0n) is 6.78. The van der Waals surface area contributed by atoms with Crippen LogP contribution >= 0.6 is 0 Å². The summed E-state index contributed by atoms with van der Waals surface area (Å²) in [4.78, 5) is 21.2. The van der Waals surface area contributed by atoms with Gasteiger partial charge in [-0.15, -0.1) is 0 Å². The maximum absolute atomic E-state index is 11.3. The van der Waals surface area contributed by atoms with Crippen LogP contribution < -0.4 is 10.9 Å². The van der Waals surface area contributed by atoms with Gasteiger partial charge in [0.15, 0.2) is 0 Å². The fraction of sp³-hybridized carbons (Fsp3) is 0.250. The molecule has 0 saturated heterocycles. The first kappa shape index (κ1) is 8.52. The van der Waals surface area contributed by atoms with Crippen LogP contribution in [0.1, 0.15) is 5.56 Å². The summed E-state index contributed by atoms with van der Waals surface area (Å²) in [5.74, 6) is 0. The SMILES string of the molecule is Cn1cccc(CNC=O)c1=O. The summed E-state index contributed by atoms with van der Waals surface area (Å²) in [6, 6.07) is 3.46. The van der Waals surface area contributed by atoms with E-state index in [0.29, 0.717) is 12.0 Å². The standard InChI is InChI=1S/C8H10N2O2/c1-10-4-2-3-7(8(10)12)5-9-6-11/h2-4,6H,5H2,1H3,(H,9,11). The first-order chi connectivity index (χ1) is 5.75. The minimum atomic E-state index is -0.0770. The molecule has 1 aromatic heterocycles. The highest BCUT2D eigenvalue weighted by molar-refractivity contribution is 5.46. The highest BCUT2D eigenvalue weighted by Crippen LogP contribution is 1.88. The molecule has 4 nitrogen and oxygen atoms in total. The molecule has 0 aliphatic carbocycles. The quantitative estimate of drug-likeness (QED) is 0.623. The Balaban J connectivity index is 2.92. The van der Waals surface area contributed by atoms with Gasteiger partial charge in [0.2, 0.25) is 6.41 Å². The number of carbonyl (C=O) groups excluding carboxylic acids is 1. The number of aromatic nitrogens is 1. The van der Waals surface area contributed by atoms with E-state index in [0.717, 1.165) is 0 Å². The van der Waals surface area contributed by atoms with E-state index in [1.54, 1.807) is 25.4 Å². The lowest BCUT2D eigenvalue weighted by atomic mass is 10.3. The van der Waals surface area contributed by atoms with Crippen LogP contribution in [0, 0.1) is 0 Å². The van der Waals surface area contributed by atoms with Crippen molar-refractivity contribution in [3.63, 3.8) is 0 Å². The van der Waals surface area contributed by atoms with Gasteiger partial charge in [0.25, 0.3) is 5.56 Å². The van der Waals surface area contributed by atoms with E-state index in [2.05, 4.69) is 5.32 Å². The largest absolute Gasteiger partial charge is 0.354 e. The van der Waals surface area contributed by atoms with Gasteiger partial charge < -0.3 is 9.88 Å². The Bertz CT molecular complexity index is 330. The number of nitrogens with one attached hydrogen (secondary N) is 1. The summed E-state index contributed by atoms with van der Waals surface area (Å²) in [6.07, 6.45) is 2.25. The monoisotopic (exact) mass is 166 g/mol. The van der Waals surface area contributed by atoms with Gasteiger partial charge >= 0.3 is 0 Å². The Morgan fingerprint density at radius 3 is 3.08 bits per heavy atom. The number of hydrogen-bond donors (Lipinski definition) is 1. The second-order valence-corrected chi connectivity index (χ2v) is 2.45. The third kappa shape index (κ3) is 1.72. The molecule has 0 aliphatic rings. The van der Waals surface area contributed by atoms with Gasteiger partial charge in [0.1, 0.15) is 0 Å². The van der Waals surface area contributed by atoms with Crippen LogP contribution in [0.2, 0.25) is 0 Å². The van der Waals surface area contributed by atoms with Gasteiger partial charge in [-0.05, 0) is 6.07 Å². The van der Waals surface area contributed by atoms with Crippen molar-refractivity contribution in [2.75, 3.05) is 0 Å². The van der Waals surface area contributed by atoms with Crippen LogP contribution in [0.5, 0.6) is 0 Å². The van der Waals surface area contributed by atoms with Crippen molar-refractivity contribution in [1.82, 2.24) is 9.88 Å². The Labute approximate surface area is 69.8 Å². The van der Waals surface area contributed by atoms with E-state index in [1.807, 2.05) is 0 Å². The smallest absolute Gasteiger partial charge is 0.255 e. The molecule has 12 heavy (non-hydrogen) atoms. The van der Waals surface area contributed by atoms with Crippen molar-refractivity contribution < 1.29 is 4.79 Å². The molecule has 0 unspecified atom stereocenters. The van der Waals surface area contributed by atoms with Crippen LogP contribution in [0.15, 0.2) is 23.1 Å². The van der Waals surface area contributed by atoms with E-state index >= 15 is 0 Å². The number of nitrogens with zero attached hydrogens (tertiary/aromatic N) is 1. The lowest BCUT2D eigenvalue weighted by Crippen LogP contribution is -2.24. The minimum Gasteiger partial charge on any atom is -0.354 e. The number of hydrogen-bond acceptors (Lipinski definition) is 2. The van der Waals surface area contributed by atoms with Gasteiger partial charge in [0.05, 0.1) is 0 Å². The average Bonchev–Trinajstić information content (AvgIpc) is 2.08. The zero-order chi connectivity index (χ0) is 8.97. The van der Waals surface area contributed by atoms with Crippen LogP contribution in [0.25, 0.3) is 0 Å². The van der Waals surface area contributed by atoms with Crippen molar-refractivity contribution in [1.29, 1.82) is 0 Å². The molecule has 1 heterocycles. The van der Waals surface area contributed by atoms with E-state index in [4.69, 9.17) is 0 Å². The summed E-state index contributed by atoms with van der Waals surface area (Å²) in [6.45, 7) is 0.289. The number of carbonyl (C=O) groups is 1. The van der Waals surface area contributed by atoms with Crippen LogP contribution in [-0.2, 0) is 18.4 Å². The highest BCUT2D eigenvalue weighted by atomic mass is 16.1. The minimum absolute atomic E-state index is 0.0770. The second kappa shape index (κ2) is 3.71. The van der Waals surface area contributed by atoms with Crippen molar-refractivity contribution >= 4 is 6.41 Å². The van der Waals surface area contributed by atoms with Gasteiger partial charge in [-0.3, -0.25) is 9.59 Å². The van der Waals surface area contributed by atoms with Crippen LogP contribution in [0.3, 0.4) is 0 Å². The highest BCUT2D eigenvalue weighted by Gasteiger charge is 1.97. The fourth-order valence-corrected chi connectivity index (χ4v) is 0.940. The summed E-state index contributed by atoms with van der Waals surface area (Å²) in [5, 5.41) is 2.44.